The Hall–Kier alpha value is -5.08. The van der Waals surface area contributed by atoms with E-state index in [1.54, 1.807) is 0 Å². The second-order valence-electron chi connectivity index (χ2n) is 11.2. The van der Waals surface area contributed by atoms with E-state index in [1.165, 1.54) is 84.5 Å². The maximum atomic E-state index is 2.43. The van der Waals surface area contributed by atoms with Crippen LogP contribution in [0.25, 0.3) is 66.1 Å². The second kappa shape index (κ2) is 10.1. The maximum absolute atomic E-state index is 2.43. The molecular formula is C40H32N2. The molecule has 0 N–H and O–H groups in total. The molecule has 2 heterocycles. The van der Waals surface area contributed by atoms with Gasteiger partial charge in [0.1, 0.15) is 0 Å². The summed E-state index contributed by atoms with van der Waals surface area (Å²) in [7, 11) is 0. The Labute approximate surface area is 246 Å². The van der Waals surface area contributed by atoms with E-state index in [-0.39, 0.29) is 0 Å². The molecule has 202 valence electrons. The van der Waals surface area contributed by atoms with Crippen molar-refractivity contribution in [3.8, 4) is 22.5 Å². The summed E-state index contributed by atoms with van der Waals surface area (Å²) in [6.07, 6.45) is 3.59. The van der Waals surface area contributed by atoms with Crippen LogP contribution in [0.2, 0.25) is 0 Å². The molecule has 0 aliphatic carbocycles. The third-order valence-corrected chi connectivity index (χ3v) is 8.69. The normalized spacial score (nSPS) is 11.7. The molecule has 0 aliphatic rings. The van der Waals surface area contributed by atoms with Crippen LogP contribution in [0.3, 0.4) is 0 Å². The Morgan fingerprint density at radius 1 is 0.452 bits per heavy atom. The van der Waals surface area contributed by atoms with Gasteiger partial charge in [-0.3, -0.25) is 0 Å². The minimum absolute atomic E-state index is 1.14. The van der Waals surface area contributed by atoms with E-state index in [4.69, 9.17) is 0 Å². The largest absolute Gasteiger partial charge is 0.309 e. The van der Waals surface area contributed by atoms with Crippen molar-refractivity contribution in [2.75, 3.05) is 0 Å². The number of aryl methyl sites for hydroxylation is 1. The highest BCUT2D eigenvalue weighted by atomic mass is 15.0. The summed E-state index contributed by atoms with van der Waals surface area (Å²) in [5.41, 5.74) is 11.2. The number of para-hydroxylation sites is 3. The fourth-order valence-electron chi connectivity index (χ4n) is 6.74. The number of nitrogens with zero attached hydrogens (tertiary/aromatic N) is 2. The van der Waals surface area contributed by atoms with Gasteiger partial charge in [0, 0.05) is 32.9 Å². The molecule has 2 nitrogen and oxygen atoms in total. The van der Waals surface area contributed by atoms with Crippen LogP contribution in [0.5, 0.6) is 0 Å². The van der Waals surface area contributed by atoms with E-state index in [0.29, 0.717) is 0 Å². The number of hydrogen-bond donors (Lipinski definition) is 0. The zero-order valence-electron chi connectivity index (χ0n) is 23.8. The lowest BCUT2D eigenvalue weighted by Crippen LogP contribution is -1.95. The van der Waals surface area contributed by atoms with Crippen molar-refractivity contribution in [3.63, 3.8) is 0 Å². The van der Waals surface area contributed by atoms with Crippen molar-refractivity contribution >= 4 is 43.6 Å². The van der Waals surface area contributed by atoms with Crippen LogP contribution >= 0.6 is 0 Å². The summed E-state index contributed by atoms with van der Waals surface area (Å²) < 4.78 is 4.83. The molecule has 42 heavy (non-hydrogen) atoms. The van der Waals surface area contributed by atoms with Gasteiger partial charge in [-0.2, -0.15) is 0 Å². The number of aromatic nitrogens is 2. The first-order valence-corrected chi connectivity index (χ1v) is 15.0. The molecule has 0 radical (unpaired) electrons. The van der Waals surface area contributed by atoms with Gasteiger partial charge < -0.3 is 9.13 Å². The SMILES string of the molecule is CCCCc1cccc(-c2ccc(-n3c4ccccc4c4c5c6ccccc6n(-c6ccccc6)c5ccc43)cc2)c1. The molecule has 2 aromatic heterocycles. The number of rotatable bonds is 6. The van der Waals surface area contributed by atoms with Gasteiger partial charge in [-0.15, -0.1) is 0 Å². The molecule has 0 bridgehead atoms. The molecule has 0 fully saturated rings. The van der Waals surface area contributed by atoms with Gasteiger partial charge in [0.2, 0.25) is 0 Å². The van der Waals surface area contributed by atoms with Crippen LogP contribution in [-0.4, -0.2) is 9.13 Å². The standard InChI is InChI=1S/C40H32N2/c1-2-3-12-28-13-11-14-30(27-28)29-21-23-32(24-22-29)42-36-20-10-8-18-34(36)40-38(42)26-25-37-39(40)33-17-7-9-19-35(33)41(37)31-15-5-4-6-16-31/h4-11,13-27H,2-3,12H2,1H3. The van der Waals surface area contributed by atoms with E-state index in [0.717, 1.165) is 6.42 Å². The third kappa shape index (κ3) is 3.87. The molecule has 0 amide bonds. The minimum atomic E-state index is 1.14. The van der Waals surface area contributed by atoms with Crippen LogP contribution in [0.4, 0.5) is 0 Å². The van der Waals surface area contributed by atoms with Crippen LogP contribution < -0.4 is 0 Å². The van der Waals surface area contributed by atoms with Crippen LogP contribution in [0, 0.1) is 0 Å². The van der Waals surface area contributed by atoms with E-state index in [9.17, 15) is 0 Å². The summed E-state index contributed by atoms with van der Waals surface area (Å²) in [5, 5.41) is 5.18. The molecule has 0 saturated heterocycles. The Morgan fingerprint density at radius 2 is 1.02 bits per heavy atom. The molecule has 0 atom stereocenters. The van der Waals surface area contributed by atoms with Gasteiger partial charge in [0.05, 0.1) is 22.1 Å². The maximum Gasteiger partial charge on any atom is 0.0548 e. The smallest absolute Gasteiger partial charge is 0.0548 e. The number of hydrogen-bond acceptors (Lipinski definition) is 0. The Balaban J connectivity index is 1.35. The van der Waals surface area contributed by atoms with Crippen molar-refractivity contribution in [2.24, 2.45) is 0 Å². The summed E-state index contributed by atoms with van der Waals surface area (Å²) in [4.78, 5) is 0. The number of fused-ring (bicyclic) bond motifs is 7. The third-order valence-electron chi connectivity index (χ3n) is 8.69. The van der Waals surface area contributed by atoms with E-state index in [2.05, 4.69) is 156 Å². The van der Waals surface area contributed by atoms with Gasteiger partial charge in [-0.25, -0.2) is 0 Å². The number of benzene rings is 6. The summed E-state index contributed by atoms with van der Waals surface area (Å²) >= 11 is 0. The van der Waals surface area contributed by atoms with E-state index in [1.807, 2.05) is 0 Å². The lowest BCUT2D eigenvalue weighted by Gasteiger charge is -2.11. The molecule has 0 aliphatic heterocycles. The Morgan fingerprint density at radius 3 is 1.64 bits per heavy atom. The molecule has 6 aromatic carbocycles. The van der Waals surface area contributed by atoms with Crippen molar-refractivity contribution < 1.29 is 0 Å². The van der Waals surface area contributed by atoms with Gasteiger partial charge in [-0.05, 0) is 78.1 Å². The van der Waals surface area contributed by atoms with Gasteiger partial charge in [0.25, 0.3) is 0 Å². The van der Waals surface area contributed by atoms with Crippen molar-refractivity contribution in [2.45, 2.75) is 26.2 Å². The Kier molecular flexibility index (Phi) is 5.93. The van der Waals surface area contributed by atoms with Crippen LogP contribution in [-0.2, 0) is 6.42 Å². The van der Waals surface area contributed by atoms with Crippen molar-refractivity contribution in [1.82, 2.24) is 9.13 Å². The second-order valence-corrected chi connectivity index (χ2v) is 11.2. The average molecular weight is 541 g/mol. The Bertz CT molecular complexity index is 2210. The van der Waals surface area contributed by atoms with Gasteiger partial charge >= 0.3 is 0 Å². The fourth-order valence-corrected chi connectivity index (χ4v) is 6.74. The topological polar surface area (TPSA) is 9.86 Å². The molecule has 0 unspecified atom stereocenters. The highest BCUT2D eigenvalue weighted by Crippen LogP contribution is 2.42. The predicted octanol–water partition coefficient (Wildman–Crippen LogP) is 10.9. The minimum Gasteiger partial charge on any atom is -0.309 e. The quantitative estimate of drug-likeness (QED) is 0.198. The van der Waals surface area contributed by atoms with E-state index >= 15 is 0 Å². The monoisotopic (exact) mass is 540 g/mol. The highest BCUT2D eigenvalue weighted by molar-refractivity contribution is 6.28. The average Bonchev–Trinajstić information content (AvgIpc) is 3.57. The molecule has 0 saturated carbocycles. The zero-order valence-corrected chi connectivity index (χ0v) is 23.8. The zero-order chi connectivity index (χ0) is 28.0. The fraction of sp³-hybridized carbons (Fsp3) is 0.100. The summed E-state index contributed by atoms with van der Waals surface area (Å²) in [6, 6.07) is 51.1. The molecule has 0 spiro atoms. The lowest BCUT2D eigenvalue weighted by atomic mass is 10.0. The number of unbranched alkanes of at least 4 members (excludes halogenated alkanes) is 1. The van der Waals surface area contributed by atoms with Crippen LogP contribution in [0.15, 0.2) is 140 Å². The summed E-state index contributed by atoms with van der Waals surface area (Å²) in [5.74, 6) is 0. The van der Waals surface area contributed by atoms with Crippen molar-refractivity contribution in [3.05, 3.63) is 145 Å². The molecule has 8 aromatic rings. The lowest BCUT2D eigenvalue weighted by molar-refractivity contribution is 0.795. The predicted molar refractivity (Wildman–Crippen MR) is 179 cm³/mol. The molecule has 2 heteroatoms. The first-order valence-electron chi connectivity index (χ1n) is 15.0. The van der Waals surface area contributed by atoms with Crippen LogP contribution in [0.1, 0.15) is 25.3 Å². The first kappa shape index (κ1) is 24.7. The van der Waals surface area contributed by atoms with Gasteiger partial charge in [-0.1, -0.05) is 104 Å². The van der Waals surface area contributed by atoms with Gasteiger partial charge in [0.15, 0.2) is 0 Å². The first-order chi connectivity index (χ1) is 20.8. The molecular weight excluding hydrogens is 508 g/mol. The van der Waals surface area contributed by atoms with Crippen molar-refractivity contribution in [1.29, 1.82) is 0 Å². The summed E-state index contributed by atoms with van der Waals surface area (Å²) in [6.45, 7) is 2.25. The van der Waals surface area contributed by atoms with E-state index < -0.39 is 0 Å². The molecule has 8 rings (SSSR count). The highest BCUT2D eigenvalue weighted by Gasteiger charge is 2.20.